The van der Waals surface area contributed by atoms with E-state index in [9.17, 15) is 0 Å². The average molecular weight is 245 g/mol. The van der Waals surface area contributed by atoms with Crippen LogP contribution in [0.1, 0.15) is 42.7 Å². The summed E-state index contributed by atoms with van der Waals surface area (Å²) in [5.41, 5.74) is 2.23. The summed E-state index contributed by atoms with van der Waals surface area (Å²) in [6.07, 6.45) is 0. The van der Waals surface area contributed by atoms with Gasteiger partial charge in [-0.1, -0.05) is 26.0 Å². The maximum atomic E-state index is 5.64. The first kappa shape index (κ1) is 12.7. The Balaban J connectivity index is 1.97. The molecular formula is C15H19NO2. The molecule has 3 heteroatoms. The number of hydrogen-bond acceptors (Lipinski definition) is 3. The van der Waals surface area contributed by atoms with Gasteiger partial charge >= 0.3 is 0 Å². The number of hydrogen-bond donors (Lipinski definition) is 0. The van der Waals surface area contributed by atoms with Gasteiger partial charge in [0.2, 0.25) is 5.89 Å². The lowest BCUT2D eigenvalue weighted by Gasteiger charge is -2.07. The smallest absolute Gasteiger partial charge is 0.232 e. The third-order valence-corrected chi connectivity index (χ3v) is 2.98. The molecule has 1 aromatic heterocycles. The van der Waals surface area contributed by atoms with Gasteiger partial charge in [0.15, 0.2) is 6.61 Å². The summed E-state index contributed by atoms with van der Waals surface area (Å²) < 4.78 is 11.1. The first-order valence-corrected chi connectivity index (χ1v) is 6.22. The van der Waals surface area contributed by atoms with Crippen molar-refractivity contribution in [3.8, 4) is 5.75 Å². The zero-order valence-corrected chi connectivity index (χ0v) is 11.4. The van der Waals surface area contributed by atoms with Crippen LogP contribution in [0.25, 0.3) is 0 Å². The van der Waals surface area contributed by atoms with Gasteiger partial charge in [-0.2, -0.15) is 0 Å². The van der Waals surface area contributed by atoms with Gasteiger partial charge in [0, 0.05) is 0 Å². The van der Waals surface area contributed by atoms with Gasteiger partial charge in [-0.05, 0) is 37.5 Å². The molecule has 96 valence electrons. The summed E-state index contributed by atoms with van der Waals surface area (Å²) in [4.78, 5) is 4.28. The Bertz CT molecular complexity index is 492. The molecule has 1 heterocycles. The molecule has 2 rings (SSSR count). The number of aryl methyl sites for hydroxylation is 2. The van der Waals surface area contributed by atoms with E-state index in [4.69, 9.17) is 9.15 Å². The van der Waals surface area contributed by atoms with Crippen molar-refractivity contribution in [2.24, 2.45) is 0 Å². The van der Waals surface area contributed by atoms with Crippen LogP contribution in [0.5, 0.6) is 5.75 Å². The molecule has 0 aliphatic heterocycles. The van der Waals surface area contributed by atoms with Crippen LogP contribution >= 0.6 is 0 Å². The highest BCUT2D eigenvalue weighted by Gasteiger charge is 2.06. The first-order valence-electron chi connectivity index (χ1n) is 6.22. The maximum Gasteiger partial charge on any atom is 0.232 e. The molecule has 0 saturated carbocycles. The predicted molar refractivity (Wildman–Crippen MR) is 70.8 cm³/mol. The van der Waals surface area contributed by atoms with Crippen LogP contribution in [-0.2, 0) is 6.61 Å². The van der Waals surface area contributed by atoms with Gasteiger partial charge in [-0.3, -0.25) is 0 Å². The second-order valence-corrected chi connectivity index (χ2v) is 4.76. The van der Waals surface area contributed by atoms with E-state index in [0.29, 0.717) is 18.4 Å². The molecule has 0 bridgehead atoms. The van der Waals surface area contributed by atoms with Crippen molar-refractivity contribution >= 4 is 0 Å². The lowest BCUT2D eigenvalue weighted by molar-refractivity contribution is 0.260. The fourth-order valence-electron chi connectivity index (χ4n) is 1.69. The van der Waals surface area contributed by atoms with Crippen LogP contribution in [0.2, 0.25) is 0 Å². The second kappa shape index (κ2) is 5.25. The summed E-state index contributed by atoms with van der Waals surface area (Å²) in [5.74, 6) is 2.85. The highest BCUT2D eigenvalue weighted by Crippen LogP contribution is 2.19. The lowest BCUT2D eigenvalue weighted by atomic mass is 10.0. The molecule has 0 aliphatic rings. The fraction of sp³-hybridized carbons (Fsp3) is 0.400. The summed E-state index contributed by atoms with van der Waals surface area (Å²) in [7, 11) is 0. The predicted octanol–water partition coefficient (Wildman–Crippen LogP) is 3.99. The summed E-state index contributed by atoms with van der Waals surface area (Å²) in [6, 6.07) is 8.15. The summed E-state index contributed by atoms with van der Waals surface area (Å²) >= 11 is 0. The Hall–Kier alpha value is -1.77. The SMILES string of the molecule is Cc1nc(COc2ccc(C(C)C)cc2)oc1C. The molecule has 0 aliphatic carbocycles. The zero-order chi connectivity index (χ0) is 13.1. The Morgan fingerprint density at radius 1 is 1.17 bits per heavy atom. The Morgan fingerprint density at radius 3 is 2.33 bits per heavy atom. The number of oxazole rings is 1. The van der Waals surface area contributed by atoms with Crippen molar-refractivity contribution in [1.29, 1.82) is 0 Å². The van der Waals surface area contributed by atoms with Crippen LogP contribution in [0, 0.1) is 13.8 Å². The van der Waals surface area contributed by atoms with Gasteiger partial charge in [0.1, 0.15) is 11.5 Å². The molecule has 0 N–H and O–H groups in total. The summed E-state index contributed by atoms with van der Waals surface area (Å²) in [5, 5.41) is 0. The van der Waals surface area contributed by atoms with Crippen molar-refractivity contribution in [2.75, 3.05) is 0 Å². The second-order valence-electron chi connectivity index (χ2n) is 4.76. The van der Waals surface area contributed by atoms with Crippen LogP contribution in [0.3, 0.4) is 0 Å². The van der Waals surface area contributed by atoms with Crippen molar-refractivity contribution < 1.29 is 9.15 Å². The van der Waals surface area contributed by atoms with E-state index in [1.54, 1.807) is 0 Å². The minimum absolute atomic E-state index is 0.371. The van der Waals surface area contributed by atoms with Gasteiger partial charge in [-0.25, -0.2) is 4.98 Å². The van der Waals surface area contributed by atoms with E-state index in [0.717, 1.165) is 17.2 Å². The number of aromatic nitrogens is 1. The van der Waals surface area contributed by atoms with Crippen molar-refractivity contribution in [2.45, 2.75) is 40.2 Å². The first-order chi connectivity index (χ1) is 8.56. The molecule has 0 unspecified atom stereocenters. The third-order valence-electron chi connectivity index (χ3n) is 2.98. The molecule has 0 spiro atoms. The zero-order valence-electron chi connectivity index (χ0n) is 11.4. The molecule has 0 amide bonds. The van der Waals surface area contributed by atoms with E-state index in [1.165, 1.54) is 5.56 Å². The third kappa shape index (κ3) is 2.92. The van der Waals surface area contributed by atoms with Crippen molar-refractivity contribution in [3.63, 3.8) is 0 Å². The molecule has 0 radical (unpaired) electrons. The van der Waals surface area contributed by atoms with Gasteiger partial charge < -0.3 is 9.15 Å². The van der Waals surface area contributed by atoms with E-state index < -0.39 is 0 Å². The minimum Gasteiger partial charge on any atom is -0.484 e. The maximum absolute atomic E-state index is 5.64. The average Bonchev–Trinajstić information content (AvgIpc) is 2.67. The molecule has 18 heavy (non-hydrogen) atoms. The highest BCUT2D eigenvalue weighted by atomic mass is 16.5. The number of ether oxygens (including phenoxy) is 1. The molecule has 0 atom stereocenters. The Labute approximate surface area is 108 Å². The fourth-order valence-corrected chi connectivity index (χ4v) is 1.69. The normalized spacial score (nSPS) is 10.9. The number of rotatable bonds is 4. The van der Waals surface area contributed by atoms with Gasteiger partial charge in [0.05, 0.1) is 5.69 Å². The molecule has 1 aromatic carbocycles. The van der Waals surface area contributed by atoms with Crippen LogP contribution in [-0.4, -0.2) is 4.98 Å². The molecular weight excluding hydrogens is 226 g/mol. The molecule has 3 nitrogen and oxygen atoms in total. The highest BCUT2D eigenvalue weighted by molar-refractivity contribution is 5.28. The van der Waals surface area contributed by atoms with E-state index >= 15 is 0 Å². The number of benzene rings is 1. The van der Waals surface area contributed by atoms with E-state index in [2.05, 4.69) is 31.0 Å². The lowest BCUT2D eigenvalue weighted by Crippen LogP contribution is -1.96. The molecule has 0 saturated heterocycles. The molecule has 2 aromatic rings. The van der Waals surface area contributed by atoms with Crippen molar-refractivity contribution in [3.05, 3.63) is 47.2 Å². The largest absolute Gasteiger partial charge is 0.484 e. The monoisotopic (exact) mass is 245 g/mol. The van der Waals surface area contributed by atoms with E-state index in [-0.39, 0.29) is 0 Å². The Morgan fingerprint density at radius 2 is 1.83 bits per heavy atom. The quantitative estimate of drug-likeness (QED) is 0.816. The van der Waals surface area contributed by atoms with Crippen LogP contribution in [0.15, 0.2) is 28.7 Å². The number of nitrogens with zero attached hydrogens (tertiary/aromatic N) is 1. The topological polar surface area (TPSA) is 35.3 Å². The standard InChI is InChI=1S/C15H19NO2/c1-10(2)13-5-7-14(8-6-13)17-9-15-16-11(3)12(4)18-15/h5-8,10H,9H2,1-4H3. The summed E-state index contributed by atoms with van der Waals surface area (Å²) in [6.45, 7) is 8.56. The Kier molecular flexibility index (Phi) is 3.70. The van der Waals surface area contributed by atoms with Crippen LogP contribution in [0.4, 0.5) is 0 Å². The van der Waals surface area contributed by atoms with Crippen LogP contribution < -0.4 is 4.74 Å². The van der Waals surface area contributed by atoms with E-state index in [1.807, 2.05) is 26.0 Å². The van der Waals surface area contributed by atoms with Gasteiger partial charge in [-0.15, -0.1) is 0 Å². The minimum atomic E-state index is 0.371. The van der Waals surface area contributed by atoms with Crippen molar-refractivity contribution in [1.82, 2.24) is 4.98 Å². The molecule has 0 fully saturated rings. The van der Waals surface area contributed by atoms with Gasteiger partial charge in [0.25, 0.3) is 0 Å².